The van der Waals surface area contributed by atoms with Crippen LogP contribution in [0.5, 0.6) is 11.5 Å². The van der Waals surface area contributed by atoms with Gasteiger partial charge >= 0.3 is 0 Å². The second-order valence-electron chi connectivity index (χ2n) is 4.74. The molecule has 0 atom stereocenters. The number of benzene rings is 2. The molecule has 0 bridgehead atoms. The maximum Gasteiger partial charge on any atom is 0.247 e. The van der Waals surface area contributed by atoms with Crippen molar-refractivity contribution in [1.29, 1.82) is 0 Å². The molecule has 112 valence electrons. The van der Waals surface area contributed by atoms with E-state index >= 15 is 0 Å². The van der Waals surface area contributed by atoms with Crippen LogP contribution in [-0.2, 0) is 0 Å². The van der Waals surface area contributed by atoms with Gasteiger partial charge in [0.1, 0.15) is 11.5 Å². The number of rotatable bonds is 4. The number of hydrogen-bond acceptors (Lipinski definition) is 5. The van der Waals surface area contributed by atoms with Crippen molar-refractivity contribution in [3.8, 4) is 34.1 Å². The van der Waals surface area contributed by atoms with Crippen LogP contribution in [0.2, 0.25) is 0 Å². The van der Waals surface area contributed by atoms with Gasteiger partial charge in [0.25, 0.3) is 0 Å². The van der Waals surface area contributed by atoms with Crippen molar-refractivity contribution in [2.45, 2.75) is 6.92 Å². The largest absolute Gasteiger partial charge is 0.496 e. The van der Waals surface area contributed by atoms with Gasteiger partial charge in [0.05, 0.1) is 19.8 Å². The van der Waals surface area contributed by atoms with E-state index in [0.717, 1.165) is 28.2 Å². The highest BCUT2D eigenvalue weighted by atomic mass is 16.5. The molecule has 0 spiro atoms. The van der Waals surface area contributed by atoms with Crippen molar-refractivity contribution in [2.75, 3.05) is 14.2 Å². The Morgan fingerprint density at radius 1 is 0.864 bits per heavy atom. The lowest BCUT2D eigenvalue weighted by Crippen LogP contribution is -1.93. The molecule has 5 nitrogen and oxygen atoms in total. The number of aromatic nitrogens is 2. The predicted molar refractivity (Wildman–Crippen MR) is 83.0 cm³/mol. The summed E-state index contributed by atoms with van der Waals surface area (Å²) < 4.78 is 16.4. The Kier molecular flexibility index (Phi) is 3.78. The van der Waals surface area contributed by atoms with Gasteiger partial charge in [0.2, 0.25) is 11.8 Å². The molecule has 3 rings (SSSR count). The maximum atomic E-state index is 5.49. The van der Waals surface area contributed by atoms with Gasteiger partial charge in [-0.05, 0) is 29.8 Å². The fraction of sp³-hybridized carbons (Fsp3) is 0.176. The quantitative estimate of drug-likeness (QED) is 0.734. The second kappa shape index (κ2) is 5.89. The van der Waals surface area contributed by atoms with Gasteiger partial charge in [-0.1, -0.05) is 18.2 Å². The minimum Gasteiger partial charge on any atom is -0.496 e. The Morgan fingerprint density at radius 3 is 2.09 bits per heavy atom. The minimum atomic E-state index is 0.494. The van der Waals surface area contributed by atoms with Gasteiger partial charge in [-0.2, -0.15) is 0 Å². The number of ether oxygens (including phenoxy) is 2. The summed E-state index contributed by atoms with van der Waals surface area (Å²) in [5, 5.41) is 7.92. The molecule has 0 aliphatic heterocycles. The van der Waals surface area contributed by atoms with Crippen molar-refractivity contribution in [3.05, 3.63) is 48.4 Å². The normalized spacial score (nSPS) is 10.5. The summed E-state index contributed by atoms with van der Waals surface area (Å²) >= 11 is 0. The van der Waals surface area contributed by atoms with E-state index in [1.165, 1.54) is 0 Å². The van der Waals surface area contributed by atoms with Crippen LogP contribution in [0.15, 0.2) is 46.9 Å². The molecule has 0 fully saturated rings. The summed E-state index contributed by atoms with van der Waals surface area (Å²) in [6, 6.07) is 13.5. The van der Waals surface area contributed by atoms with Crippen LogP contribution in [0.25, 0.3) is 22.6 Å². The van der Waals surface area contributed by atoms with Crippen LogP contribution in [-0.4, -0.2) is 24.4 Å². The van der Waals surface area contributed by atoms with Gasteiger partial charge in [0, 0.05) is 12.5 Å². The van der Waals surface area contributed by atoms with Crippen LogP contribution in [0, 0.1) is 6.92 Å². The van der Waals surface area contributed by atoms with Crippen molar-refractivity contribution in [2.24, 2.45) is 0 Å². The Morgan fingerprint density at radius 2 is 1.50 bits per heavy atom. The fourth-order valence-electron chi connectivity index (χ4n) is 2.36. The van der Waals surface area contributed by atoms with E-state index in [1.54, 1.807) is 21.1 Å². The molecule has 0 saturated heterocycles. The number of nitrogens with zero attached hydrogens (tertiary/aromatic N) is 2. The zero-order chi connectivity index (χ0) is 15.5. The molecule has 1 heterocycles. The first kappa shape index (κ1) is 14.1. The van der Waals surface area contributed by atoms with Gasteiger partial charge in [0.15, 0.2) is 0 Å². The first-order chi connectivity index (χ1) is 10.7. The van der Waals surface area contributed by atoms with E-state index in [1.807, 2.05) is 42.5 Å². The molecule has 0 N–H and O–H groups in total. The van der Waals surface area contributed by atoms with E-state index in [4.69, 9.17) is 13.9 Å². The summed E-state index contributed by atoms with van der Waals surface area (Å²) in [7, 11) is 3.28. The Bertz CT molecular complexity index is 774. The lowest BCUT2D eigenvalue weighted by atomic mass is 10.0. The molecule has 0 amide bonds. The van der Waals surface area contributed by atoms with Crippen LogP contribution in [0.3, 0.4) is 0 Å². The van der Waals surface area contributed by atoms with Gasteiger partial charge in [-0.15, -0.1) is 10.2 Å². The topological polar surface area (TPSA) is 57.4 Å². The van der Waals surface area contributed by atoms with Gasteiger partial charge < -0.3 is 13.9 Å². The van der Waals surface area contributed by atoms with Crippen LogP contribution < -0.4 is 9.47 Å². The first-order valence-electron chi connectivity index (χ1n) is 6.85. The maximum absolute atomic E-state index is 5.49. The predicted octanol–water partition coefficient (Wildman–Crippen LogP) is 3.73. The first-order valence-corrected chi connectivity index (χ1v) is 6.85. The molecule has 3 aromatic rings. The lowest BCUT2D eigenvalue weighted by molar-refractivity contribution is 0.397. The summed E-state index contributed by atoms with van der Waals surface area (Å²) in [6.45, 7) is 1.77. The highest BCUT2D eigenvalue weighted by Crippen LogP contribution is 2.39. The smallest absolute Gasteiger partial charge is 0.247 e. The van der Waals surface area contributed by atoms with Crippen molar-refractivity contribution in [1.82, 2.24) is 10.2 Å². The summed E-state index contributed by atoms with van der Waals surface area (Å²) in [5.74, 6) is 2.53. The molecule has 0 radical (unpaired) electrons. The molecule has 1 aromatic heterocycles. The number of hydrogen-bond donors (Lipinski definition) is 0. The Balaban J connectivity index is 2.14. The third kappa shape index (κ3) is 2.53. The highest BCUT2D eigenvalue weighted by molar-refractivity contribution is 5.79. The summed E-state index contributed by atoms with van der Waals surface area (Å²) in [4.78, 5) is 0. The van der Waals surface area contributed by atoms with Gasteiger partial charge in [-0.25, -0.2) is 0 Å². The molecule has 0 saturated carbocycles. The molecular formula is C17H16N2O3. The average Bonchev–Trinajstić information content (AvgIpc) is 3.00. The van der Waals surface area contributed by atoms with E-state index in [0.29, 0.717) is 11.8 Å². The second-order valence-corrected chi connectivity index (χ2v) is 4.74. The fourth-order valence-corrected chi connectivity index (χ4v) is 2.36. The van der Waals surface area contributed by atoms with E-state index in [-0.39, 0.29) is 0 Å². The number of methoxy groups -OCH3 is 2. The minimum absolute atomic E-state index is 0.494. The van der Waals surface area contributed by atoms with E-state index < -0.39 is 0 Å². The number of aryl methyl sites for hydroxylation is 1. The van der Waals surface area contributed by atoms with Crippen molar-refractivity contribution in [3.63, 3.8) is 0 Å². The van der Waals surface area contributed by atoms with E-state index in [9.17, 15) is 0 Å². The molecule has 2 aromatic carbocycles. The van der Waals surface area contributed by atoms with E-state index in [2.05, 4.69) is 10.2 Å². The lowest BCUT2D eigenvalue weighted by Gasteiger charge is -2.13. The summed E-state index contributed by atoms with van der Waals surface area (Å²) in [5.41, 5.74) is 2.71. The van der Waals surface area contributed by atoms with Crippen LogP contribution in [0.4, 0.5) is 0 Å². The molecule has 22 heavy (non-hydrogen) atoms. The standard InChI is InChI=1S/C17H16N2O3/c1-11-18-19-17(22-11)13-7-4-6-12(10-13)16-14(20-2)8-5-9-15(16)21-3/h4-10H,1-3H3. The third-order valence-corrected chi connectivity index (χ3v) is 3.35. The third-order valence-electron chi connectivity index (χ3n) is 3.35. The van der Waals surface area contributed by atoms with Crippen LogP contribution in [0.1, 0.15) is 5.89 Å². The highest BCUT2D eigenvalue weighted by Gasteiger charge is 2.14. The Hall–Kier alpha value is -2.82. The zero-order valence-electron chi connectivity index (χ0n) is 12.7. The molecule has 5 heteroatoms. The van der Waals surface area contributed by atoms with Gasteiger partial charge in [-0.3, -0.25) is 0 Å². The van der Waals surface area contributed by atoms with Crippen molar-refractivity contribution >= 4 is 0 Å². The molecule has 0 aliphatic rings. The Labute approximate surface area is 128 Å². The van der Waals surface area contributed by atoms with Crippen molar-refractivity contribution < 1.29 is 13.9 Å². The monoisotopic (exact) mass is 296 g/mol. The SMILES string of the molecule is COc1cccc(OC)c1-c1cccc(-c2nnc(C)o2)c1. The summed E-state index contributed by atoms with van der Waals surface area (Å²) in [6.07, 6.45) is 0. The molecule has 0 aliphatic carbocycles. The molecular weight excluding hydrogens is 280 g/mol. The van der Waals surface area contributed by atoms with Crippen LogP contribution >= 0.6 is 0 Å². The zero-order valence-corrected chi connectivity index (χ0v) is 12.7. The average molecular weight is 296 g/mol. The molecule has 0 unspecified atom stereocenters.